The zero-order chi connectivity index (χ0) is 15.6. The maximum atomic E-state index is 10.5. The molecular formula is C18H24Br2O. The third-order valence-corrected chi connectivity index (χ3v) is 6.14. The highest BCUT2D eigenvalue weighted by atomic mass is 79.9. The van der Waals surface area contributed by atoms with E-state index in [4.69, 9.17) is 0 Å². The molecule has 3 aliphatic rings. The van der Waals surface area contributed by atoms with Crippen LogP contribution in [0, 0.1) is 5.92 Å². The van der Waals surface area contributed by atoms with Crippen molar-refractivity contribution in [3.05, 3.63) is 43.9 Å². The molecule has 0 heterocycles. The Bertz CT molecular complexity index is 530. The van der Waals surface area contributed by atoms with E-state index in [1.54, 1.807) is 0 Å². The lowest BCUT2D eigenvalue weighted by Crippen LogP contribution is -2.29. The number of allylic oxidation sites excluding steroid dienone is 7. The van der Waals surface area contributed by atoms with Crippen LogP contribution < -0.4 is 0 Å². The van der Waals surface area contributed by atoms with Crippen LogP contribution in [0.2, 0.25) is 0 Å². The van der Waals surface area contributed by atoms with Crippen molar-refractivity contribution in [3.63, 3.8) is 0 Å². The molecule has 3 rings (SSSR count). The van der Waals surface area contributed by atoms with Gasteiger partial charge in [-0.3, -0.25) is 0 Å². The maximum absolute atomic E-state index is 10.5. The first-order valence-corrected chi connectivity index (χ1v) is 9.21. The highest BCUT2D eigenvalue weighted by Crippen LogP contribution is 2.42. The topological polar surface area (TPSA) is 20.2 Å². The van der Waals surface area contributed by atoms with Crippen molar-refractivity contribution in [2.24, 2.45) is 5.92 Å². The average molecular weight is 416 g/mol. The quantitative estimate of drug-likeness (QED) is 0.544. The van der Waals surface area contributed by atoms with E-state index in [-0.39, 0.29) is 0 Å². The van der Waals surface area contributed by atoms with Crippen molar-refractivity contribution < 1.29 is 5.11 Å². The normalized spacial score (nSPS) is 29.8. The van der Waals surface area contributed by atoms with Gasteiger partial charge in [0.15, 0.2) is 0 Å². The van der Waals surface area contributed by atoms with E-state index in [9.17, 15) is 5.11 Å². The zero-order valence-electron chi connectivity index (χ0n) is 13.0. The molecule has 1 nitrogen and oxygen atoms in total. The van der Waals surface area contributed by atoms with Crippen LogP contribution in [0.1, 0.15) is 52.9 Å². The molecule has 0 spiro atoms. The van der Waals surface area contributed by atoms with Crippen LogP contribution in [0.25, 0.3) is 0 Å². The number of fused-ring (bicyclic) bond motifs is 6. The van der Waals surface area contributed by atoms with Gasteiger partial charge in [-0.15, -0.1) is 0 Å². The summed E-state index contributed by atoms with van der Waals surface area (Å²) in [4.78, 5) is 0. The van der Waals surface area contributed by atoms with Gasteiger partial charge in [0.25, 0.3) is 0 Å². The van der Waals surface area contributed by atoms with Crippen LogP contribution in [0.15, 0.2) is 43.9 Å². The van der Waals surface area contributed by atoms with E-state index in [0.29, 0.717) is 5.92 Å². The Kier molecular flexibility index (Phi) is 5.72. The monoisotopic (exact) mass is 414 g/mol. The highest BCUT2D eigenvalue weighted by Gasteiger charge is 2.31. The summed E-state index contributed by atoms with van der Waals surface area (Å²) in [5.41, 5.74) is 3.17. The van der Waals surface area contributed by atoms with E-state index in [2.05, 4.69) is 57.0 Å². The first-order chi connectivity index (χ1) is 9.79. The summed E-state index contributed by atoms with van der Waals surface area (Å²) in [6.45, 7) is 6.01. The van der Waals surface area contributed by atoms with Gasteiger partial charge in [0.1, 0.15) is 0 Å². The minimum Gasteiger partial charge on any atom is -0.386 e. The van der Waals surface area contributed by atoms with Gasteiger partial charge in [-0.05, 0) is 74.4 Å². The summed E-state index contributed by atoms with van der Waals surface area (Å²) >= 11 is 7.44. The van der Waals surface area contributed by atoms with Crippen molar-refractivity contribution in [3.8, 4) is 0 Å². The van der Waals surface area contributed by atoms with Gasteiger partial charge >= 0.3 is 0 Å². The Balaban J connectivity index is 2.38. The fourth-order valence-electron chi connectivity index (χ4n) is 3.06. The third kappa shape index (κ3) is 4.43. The molecular weight excluding hydrogens is 392 g/mol. The average Bonchev–Trinajstić information content (AvgIpc) is 2.39. The van der Waals surface area contributed by atoms with E-state index >= 15 is 0 Å². The molecule has 0 aromatic rings. The molecule has 0 fully saturated rings. The summed E-state index contributed by atoms with van der Waals surface area (Å²) < 4.78 is 2.52. The molecule has 0 saturated carbocycles. The molecule has 2 bridgehead atoms. The van der Waals surface area contributed by atoms with E-state index in [0.717, 1.165) is 32.1 Å². The van der Waals surface area contributed by atoms with Crippen LogP contribution in [0.5, 0.6) is 0 Å². The number of rotatable bonds is 1. The van der Waals surface area contributed by atoms with Crippen LogP contribution in [-0.4, -0.2) is 10.7 Å². The second-order valence-electron chi connectivity index (χ2n) is 6.60. The predicted octanol–water partition coefficient (Wildman–Crippen LogP) is 6.15. The van der Waals surface area contributed by atoms with Gasteiger partial charge in [-0.1, -0.05) is 55.7 Å². The van der Waals surface area contributed by atoms with Crippen molar-refractivity contribution in [1.29, 1.82) is 0 Å². The minimum atomic E-state index is -0.738. The Morgan fingerprint density at radius 1 is 1.24 bits per heavy atom. The van der Waals surface area contributed by atoms with E-state index < -0.39 is 5.60 Å². The van der Waals surface area contributed by atoms with Crippen molar-refractivity contribution in [2.75, 3.05) is 0 Å². The highest BCUT2D eigenvalue weighted by molar-refractivity contribution is 9.12. The van der Waals surface area contributed by atoms with Crippen molar-refractivity contribution in [1.82, 2.24) is 0 Å². The molecule has 0 aromatic heterocycles. The molecule has 1 unspecified atom stereocenters. The Hall–Kier alpha value is -0.120. The van der Waals surface area contributed by atoms with Crippen LogP contribution in [0.3, 0.4) is 0 Å². The first-order valence-electron chi connectivity index (χ1n) is 7.63. The second-order valence-corrected chi connectivity index (χ2v) is 8.41. The Morgan fingerprint density at radius 3 is 2.62 bits per heavy atom. The Morgan fingerprint density at radius 2 is 1.95 bits per heavy atom. The molecule has 0 amide bonds. The Labute approximate surface area is 145 Å². The predicted molar refractivity (Wildman–Crippen MR) is 97.7 cm³/mol. The molecule has 0 aromatic carbocycles. The van der Waals surface area contributed by atoms with Gasteiger partial charge in [0.2, 0.25) is 0 Å². The van der Waals surface area contributed by atoms with Crippen LogP contribution >= 0.6 is 31.9 Å². The molecule has 3 aliphatic carbocycles. The molecule has 0 radical (unpaired) electrons. The standard InChI is InChI=1S/C18H24Br2O/c1-12-8-9-13-11-17(20)14(6-4-5-7-16(12)19)10-15(13)18(2,3)21/h5,7,10,13,21H,4,6,8-9,11H2,1-3H3/b7-5+,16-12-. The summed E-state index contributed by atoms with van der Waals surface area (Å²) in [6, 6.07) is 0. The molecule has 3 heteroatoms. The van der Waals surface area contributed by atoms with E-state index in [1.807, 2.05) is 13.8 Å². The summed E-state index contributed by atoms with van der Waals surface area (Å²) in [5, 5.41) is 10.5. The fourth-order valence-corrected chi connectivity index (χ4v) is 4.15. The molecule has 0 aliphatic heterocycles. The van der Waals surface area contributed by atoms with Crippen LogP contribution in [0.4, 0.5) is 0 Å². The van der Waals surface area contributed by atoms with Crippen molar-refractivity contribution >= 4 is 31.9 Å². The minimum absolute atomic E-state index is 0.418. The van der Waals surface area contributed by atoms with Gasteiger partial charge in [-0.2, -0.15) is 0 Å². The number of hydrogen-bond donors (Lipinski definition) is 1. The summed E-state index contributed by atoms with van der Waals surface area (Å²) in [5.74, 6) is 0.418. The lowest BCUT2D eigenvalue weighted by atomic mass is 9.76. The van der Waals surface area contributed by atoms with Gasteiger partial charge < -0.3 is 5.11 Å². The SMILES string of the molecule is C/C1=C(Br)\C=C\CCC2=C(Br)CC(CC1)C(C(C)(C)O)=C2. The molecule has 116 valence electrons. The lowest BCUT2D eigenvalue weighted by molar-refractivity contribution is 0.105. The summed E-state index contributed by atoms with van der Waals surface area (Å²) in [7, 11) is 0. The summed E-state index contributed by atoms with van der Waals surface area (Å²) in [6.07, 6.45) is 11.8. The van der Waals surface area contributed by atoms with Gasteiger partial charge in [-0.25, -0.2) is 0 Å². The largest absolute Gasteiger partial charge is 0.386 e. The van der Waals surface area contributed by atoms with Crippen LogP contribution in [-0.2, 0) is 0 Å². The number of aliphatic hydroxyl groups is 1. The first kappa shape index (κ1) is 17.2. The second kappa shape index (κ2) is 6.97. The zero-order valence-corrected chi connectivity index (χ0v) is 16.2. The maximum Gasteiger partial charge on any atom is 0.0806 e. The number of hydrogen-bond acceptors (Lipinski definition) is 1. The molecule has 0 saturated heterocycles. The van der Waals surface area contributed by atoms with E-state index in [1.165, 1.54) is 25.7 Å². The molecule has 21 heavy (non-hydrogen) atoms. The lowest BCUT2D eigenvalue weighted by Gasteiger charge is -2.34. The van der Waals surface area contributed by atoms with Crippen molar-refractivity contribution in [2.45, 2.75) is 58.5 Å². The third-order valence-electron chi connectivity index (χ3n) is 4.37. The molecule has 1 atom stereocenters. The van der Waals surface area contributed by atoms with Gasteiger partial charge in [0.05, 0.1) is 5.60 Å². The smallest absolute Gasteiger partial charge is 0.0806 e. The fraction of sp³-hybridized carbons (Fsp3) is 0.556. The van der Waals surface area contributed by atoms with Gasteiger partial charge in [0, 0.05) is 4.48 Å². The molecule has 1 N–H and O–H groups in total. The number of halogens is 2.